The predicted molar refractivity (Wildman–Crippen MR) is 71.5 cm³/mol. The predicted octanol–water partition coefficient (Wildman–Crippen LogP) is 0.348. The second-order valence-electron chi connectivity index (χ2n) is 4.29. The summed E-state index contributed by atoms with van der Waals surface area (Å²) in [7, 11) is 0. The number of hydrogen-bond acceptors (Lipinski definition) is 4. The first-order chi connectivity index (χ1) is 9.69. The lowest BCUT2D eigenvalue weighted by Crippen LogP contribution is -2.26. The molecule has 1 aromatic carbocycles. The Balaban J connectivity index is 1.82. The molecule has 7 heteroatoms. The Morgan fingerprint density at radius 3 is 3.05 bits per heavy atom. The van der Waals surface area contributed by atoms with Gasteiger partial charge < -0.3 is 11.1 Å². The zero-order chi connectivity index (χ0) is 14.4. The molecule has 20 heavy (non-hydrogen) atoms. The van der Waals surface area contributed by atoms with Crippen LogP contribution in [0.5, 0.6) is 0 Å². The van der Waals surface area contributed by atoms with Crippen molar-refractivity contribution in [3.05, 3.63) is 47.5 Å². The van der Waals surface area contributed by atoms with E-state index in [2.05, 4.69) is 15.6 Å². The Bertz CT molecular complexity index is 584. The van der Waals surface area contributed by atoms with Crippen molar-refractivity contribution in [3.63, 3.8) is 0 Å². The van der Waals surface area contributed by atoms with Crippen molar-refractivity contribution in [3.8, 4) is 0 Å². The van der Waals surface area contributed by atoms with E-state index in [-0.39, 0.29) is 17.4 Å². The van der Waals surface area contributed by atoms with Gasteiger partial charge in [0.15, 0.2) is 5.69 Å². The third kappa shape index (κ3) is 3.86. The number of nitrogens with zero attached hydrogens (tertiary/aromatic N) is 3. The van der Waals surface area contributed by atoms with E-state index in [4.69, 9.17) is 5.73 Å². The summed E-state index contributed by atoms with van der Waals surface area (Å²) in [5.41, 5.74) is 6.46. The Morgan fingerprint density at radius 1 is 1.45 bits per heavy atom. The minimum Gasteiger partial charge on any atom is -0.350 e. The summed E-state index contributed by atoms with van der Waals surface area (Å²) in [6.07, 6.45) is 2.10. The van der Waals surface area contributed by atoms with Crippen LogP contribution in [0.1, 0.15) is 16.1 Å². The van der Waals surface area contributed by atoms with Crippen LogP contribution in [-0.4, -0.2) is 34.0 Å². The fourth-order valence-corrected chi connectivity index (χ4v) is 1.75. The van der Waals surface area contributed by atoms with Gasteiger partial charge in [0, 0.05) is 13.1 Å². The molecule has 2 rings (SSSR count). The van der Waals surface area contributed by atoms with Gasteiger partial charge in [0.25, 0.3) is 5.91 Å². The van der Waals surface area contributed by atoms with Crippen LogP contribution >= 0.6 is 0 Å². The molecule has 0 aliphatic heterocycles. The van der Waals surface area contributed by atoms with E-state index in [1.54, 1.807) is 12.3 Å². The molecule has 0 saturated carbocycles. The van der Waals surface area contributed by atoms with Gasteiger partial charge in [-0.3, -0.25) is 9.48 Å². The molecule has 0 unspecified atom stereocenters. The number of benzene rings is 1. The van der Waals surface area contributed by atoms with Crippen LogP contribution in [0.3, 0.4) is 0 Å². The van der Waals surface area contributed by atoms with Crippen molar-refractivity contribution < 1.29 is 9.18 Å². The number of amides is 1. The maximum Gasteiger partial charge on any atom is 0.273 e. The molecule has 2 aromatic rings. The van der Waals surface area contributed by atoms with Crippen LogP contribution in [0.25, 0.3) is 0 Å². The summed E-state index contributed by atoms with van der Waals surface area (Å²) in [6, 6.07) is 6.29. The fraction of sp³-hybridized carbons (Fsp3) is 0.308. The van der Waals surface area contributed by atoms with Crippen molar-refractivity contribution >= 4 is 5.91 Å². The van der Waals surface area contributed by atoms with Crippen LogP contribution in [0, 0.1) is 5.82 Å². The van der Waals surface area contributed by atoms with Crippen molar-refractivity contribution in [2.24, 2.45) is 5.73 Å². The summed E-state index contributed by atoms with van der Waals surface area (Å²) < 4.78 is 14.5. The molecule has 0 atom stereocenters. The third-order valence-corrected chi connectivity index (χ3v) is 2.72. The van der Waals surface area contributed by atoms with Crippen LogP contribution in [0.2, 0.25) is 0 Å². The van der Waals surface area contributed by atoms with E-state index in [0.717, 1.165) is 5.56 Å². The van der Waals surface area contributed by atoms with Gasteiger partial charge in [-0.15, -0.1) is 5.10 Å². The summed E-state index contributed by atoms with van der Waals surface area (Å²) in [5, 5.41) is 10.3. The molecule has 0 bridgehead atoms. The van der Waals surface area contributed by atoms with Gasteiger partial charge in [0.05, 0.1) is 12.7 Å². The lowest BCUT2D eigenvalue weighted by molar-refractivity contribution is 0.0949. The van der Waals surface area contributed by atoms with Gasteiger partial charge in [0.2, 0.25) is 0 Å². The number of carbonyl (C=O) groups is 1. The molecule has 3 N–H and O–H groups in total. The third-order valence-electron chi connectivity index (χ3n) is 2.72. The van der Waals surface area contributed by atoms with Crippen molar-refractivity contribution in [2.75, 3.05) is 13.1 Å². The smallest absolute Gasteiger partial charge is 0.273 e. The van der Waals surface area contributed by atoms with Crippen LogP contribution in [0.4, 0.5) is 4.39 Å². The maximum absolute atomic E-state index is 13.0. The standard InChI is InChI=1S/C13H16FN5O/c14-11-3-1-2-10(8-11)4-6-16-13(20)12-9-19(7-5-15)18-17-12/h1-3,8-9H,4-7,15H2,(H,16,20). The van der Waals surface area contributed by atoms with E-state index in [1.165, 1.54) is 16.8 Å². The first-order valence-electron chi connectivity index (χ1n) is 6.32. The average molecular weight is 277 g/mol. The van der Waals surface area contributed by atoms with Gasteiger partial charge in [-0.05, 0) is 24.1 Å². The second kappa shape index (κ2) is 6.76. The van der Waals surface area contributed by atoms with Crippen LogP contribution < -0.4 is 11.1 Å². The Morgan fingerprint density at radius 2 is 2.30 bits per heavy atom. The number of rotatable bonds is 6. The molecule has 6 nitrogen and oxygen atoms in total. The highest BCUT2D eigenvalue weighted by molar-refractivity contribution is 5.91. The molecule has 1 heterocycles. The number of aromatic nitrogens is 3. The second-order valence-corrected chi connectivity index (χ2v) is 4.29. The molecule has 0 aliphatic rings. The highest BCUT2D eigenvalue weighted by Crippen LogP contribution is 2.03. The molecule has 0 spiro atoms. The topological polar surface area (TPSA) is 85.8 Å². The Kier molecular flexibility index (Phi) is 4.78. The van der Waals surface area contributed by atoms with Crippen LogP contribution in [0.15, 0.2) is 30.5 Å². The van der Waals surface area contributed by atoms with Crippen molar-refractivity contribution in [1.82, 2.24) is 20.3 Å². The minimum atomic E-state index is -0.301. The molecule has 0 fully saturated rings. The summed E-state index contributed by atoms with van der Waals surface area (Å²) in [5.74, 6) is -0.580. The quantitative estimate of drug-likeness (QED) is 0.797. The highest BCUT2D eigenvalue weighted by atomic mass is 19.1. The van der Waals surface area contributed by atoms with Gasteiger partial charge in [-0.2, -0.15) is 0 Å². The van der Waals surface area contributed by atoms with Gasteiger partial charge in [-0.1, -0.05) is 17.3 Å². The molecule has 0 aliphatic carbocycles. The zero-order valence-corrected chi connectivity index (χ0v) is 10.9. The molecule has 0 saturated heterocycles. The van der Waals surface area contributed by atoms with Gasteiger partial charge in [-0.25, -0.2) is 4.39 Å². The van der Waals surface area contributed by atoms with Gasteiger partial charge >= 0.3 is 0 Å². The molecular formula is C13H16FN5O. The van der Waals surface area contributed by atoms with E-state index in [1.807, 2.05) is 6.07 Å². The number of carbonyl (C=O) groups excluding carboxylic acids is 1. The first kappa shape index (κ1) is 14.1. The summed E-state index contributed by atoms with van der Waals surface area (Å²) in [4.78, 5) is 11.8. The SMILES string of the molecule is NCCn1cc(C(=O)NCCc2cccc(F)c2)nn1. The molecule has 106 valence electrons. The normalized spacial score (nSPS) is 10.5. The lowest BCUT2D eigenvalue weighted by Gasteiger charge is -2.03. The summed E-state index contributed by atoms with van der Waals surface area (Å²) >= 11 is 0. The van der Waals surface area contributed by atoms with Gasteiger partial charge in [0.1, 0.15) is 5.82 Å². The molecular weight excluding hydrogens is 261 g/mol. The van der Waals surface area contributed by atoms with Crippen molar-refractivity contribution in [2.45, 2.75) is 13.0 Å². The monoisotopic (exact) mass is 277 g/mol. The largest absolute Gasteiger partial charge is 0.350 e. The highest BCUT2D eigenvalue weighted by Gasteiger charge is 2.09. The molecule has 1 amide bonds. The molecule has 0 radical (unpaired) electrons. The van der Waals surface area contributed by atoms with Crippen LogP contribution in [-0.2, 0) is 13.0 Å². The zero-order valence-electron chi connectivity index (χ0n) is 10.9. The molecule has 1 aromatic heterocycles. The maximum atomic E-state index is 13.0. The summed E-state index contributed by atoms with van der Waals surface area (Å²) in [6.45, 7) is 1.36. The van der Waals surface area contributed by atoms with Crippen molar-refractivity contribution in [1.29, 1.82) is 0 Å². The number of nitrogens with one attached hydrogen (secondary N) is 1. The Hall–Kier alpha value is -2.28. The Labute approximate surface area is 115 Å². The van der Waals surface area contributed by atoms with E-state index >= 15 is 0 Å². The minimum absolute atomic E-state index is 0.248. The van der Waals surface area contributed by atoms with E-state index < -0.39 is 0 Å². The first-order valence-corrected chi connectivity index (χ1v) is 6.32. The average Bonchev–Trinajstić information content (AvgIpc) is 2.88. The number of nitrogens with two attached hydrogens (primary N) is 1. The number of hydrogen-bond donors (Lipinski definition) is 2. The van der Waals surface area contributed by atoms with E-state index in [0.29, 0.717) is 26.1 Å². The lowest BCUT2D eigenvalue weighted by atomic mass is 10.1. The fourth-order valence-electron chi connectivity index (χ4n) is 1.75. The number of halogens is 1. The van der Waals surface area contributed by atoms with E-state index in [9.17, 15) is 9.18 Å².